The first-order valence-electron chi connectivity index (χ1n) is 9.00. The first kappa shape index (κ1) is 18.1. The Balaban J connectivity index is 1.38. The van der Waals surface area contributed by atoms with Crippen molar-refractivity contribution in [3.8, 4) is 17.3 Å². The molecule has 1 aliphatic heterocycles. The minimum Gasteiger partial charge on any atom is -0.353 e. The molecule has 6 nitrogen and oxygen atoms in total. The number of H-pyrrole nitrogens is 1. The van der Waals surface area contributed by atoms with Gasteiger partial charge in [-0.1, -0.05) is 23.7 Å². The molecule has 3 aromatic rings. The van der Waals surface area contributed by atoms with Gasteiger partial charge >= 0.3 is 0 Å². The van der Waals surface area contributed by atoms with E-state index in [0.717, 1.165) is 30.0 Å². The van der Waals surface area contributed by atoms with Crippen molar-refractivity contribution < 1.29 is 4.79 Å². The third-order valence-electron chi connectivity index (χ3n) is 4.84. The largest absolute Gasteiger partial charge is 0.353 e. The number of nitrogens with zero attached hydrogens (tertiary/aromatic N) is 3. The number of hydrogen-bond donors (Lipinski definition) is 2. The van der Waals surface area contributed by atoms with E-state index in [0.29, 0.717) is 22.7 Å². The molecule has 2 aromatic carbocycles. The Morgan fingerprint density at radius 1 is 1.21 bits per heavy atom. The lowest BCUT2D eigenvalue weighted by Gasteiger charge is -2.16. The predicted octanol–water partition coefficient (Wildman–Crippen LogP) is 3.61. The Bertz CT molecular complexity index is 1020. The highest BCUT2D eigenvalue weighted by molar-refractivity contribution is 6.30. The van der Waals surface area contributed by atoms with Gasteiger partial charge in [-0.15, -0.1) is 0 Å². The molecule has 1 saturated heterocycles. The summed E-state index contributed by atoms with van der Waals surface area (Å²) in [5, 5.41) is 20.1. The van der Waals surface area contributed by atoms with Gasteiger partial charge in [0.2, 0.25) is 0 Å². The van der Waals surface area contributed by atoms with Crippen molar-refractivity contribution in [2.75, 3.05) is 18.0 Å². The molecule has 1 fully saturated rings. The van der Waals surface area contributed by atoms with E-state index in [1.54, 1.807) is 24.3 Å². The first-order valence-corrected chi connectivity index (χ1v) is 9.37. The van der Waals surface area contributed by atoms with E-state index in [1.165, 1.54) is 0 Å². The Hall–Kier alpha value is -3.30. The highest BCUT2D eigenvalue weighted by Crippen LogP contribution is 2.25. The topological polar surface area (TPSA) is 84.8 Å². The van der Waals surface area contributed by atoms with Crippen LogP contribution in [0.2, 0.25) is 5.02 Å². The molecule has 0 unspecified atom stereocenters. The van der Waals surface area contributed by atoms with Crippen molar-refractivity contribution in [2.24, 2.45) is 0 Å². The van der Waals surface area contributed by atoms with Gasteiger partial charge in [-0.2, -0.15) is 10.4 Å². The summed E-state index contributed by atoms with van der Waals surface area (Å²) in [5.74, 6) is 0.736. The molecule has 1 aliphatic rings. The number of benzene rings is 2. The zero-order chi connectivity index (χ0) is 19.5. The molecule has 1 amide bonds. The van der Waals surface area contributed by atoms with E-state index in [2.05, 4.69) is 26.5 Å². The summed E-state index contributed by atoms with van der Waals surface area (Å²) in [4.78, 5) is 14.6. The number of nitrogens with one attached hydrogen (secondary N) is 2. The molecule has 2 heterocycles. The Morgan fingerprint density at radius 2 is 1.96 bits per heavy atom. The molecule has 140 valence electrons. The van der Waals surface area contributed by atoms with E-state index in [-0.39, 0.29) is 11.9 Å². The lowest BCUT2D eigenvalue weighted by atomic mass is 10.1. The smallest absolute Gasteiger partial charge is 0.251 e. The fourth-order valence-corrected chi connectivity index (χ4v) is 3.43. The van der Waals surface area contributed by atoms with Crippen molar-refractivity contribution in [3.63, 3.8) is 0 Å². The summed E-state index contributed by atoms with van der Waals surface area (Å²) in [7, 11) is 0. The molecule has 1 atom stereocenters. The fraction of sp³-hybridized carbons (Fsp3) is 0.190. The Kier molecular flexibility index (Phi) is 5.00. The van der Waals surface area contributed by atoms with Gasteiger partial charge in [0.1, 0.15) is 0 Å². The highest BCUT2D eigenvalue weighted by atomic mass is 35.5. The monoisotopic (exact) mass is 391 g/mol. The molecule has 28 heavy (non-hydrogen) atoms. The van der Waals surface area contributed by atoms with Crippen LogP contribution in [0, 0.1) is 11.3 Å². The first-order chi connectivity index (χ1) is 13.6. The normalized spacial score (nSPS) is 16.0. The summed E-state index contributed by atoms with van der Waals surface area (Å²) in [6.45, 7) is 1.52. The summed E-state index contributed by atoms with van der Waals surface area (Å²) in [5.41, 5.74) is 3.05. The lowest BCUT2D eigenvalue weighted by Crippen LogP contribution is -2.37. The van der Waals surface area contributed by atoms with Crippen LogP contribution in [0.4, 0.5) is 5.82 Å². The van der Waals surface area contributed by atoms with Gasteiger partial charge < -0.3 is 10.2 Å². The second-order valence-electron chi connectivity index (χ2n) is 6.74. The number of amides is 1. The number of carbonyl (C=O) groups is 1. The van der Waals surface area contributed by atoms with Crippen LogP contribution in [-0.4, -0.2) is 35.2 Å². The number of nitriles is 1. The van der Waals surface area contributed by atoms with E-state index in [1.807, 2.05) is 30.3 Å². The fourth-order valence-electron chi connectivity index (χ4n) is 3.30. The number of rotatable bonds is 4. The summed E-state index contributed by atoms with van der Waals surface area (Å²) in [6, 6.07) is 18.4. The number of carbonyl (C=O) groups excluding carboxylic acids is 1. The summed E-state index contributed by atoms with van der Waals surface area (Å²) in [6.07, 6.45) is 0.852. The van der Waals surface area contributed by atoms with Crippen LogP contribution in [0.15, 0.2) is 54.6 Å². The molecule has 1 aromatic heterocycles. The van der Waals surface area contributed by atoms with Crippen LogP contribution in [0.3, 0.4) is 0 Å². The van der Waals surface area contributed by atoms with Crippen LogP contribution in [0.25, 0.3) is 11.3 Å². The maximum absolute atomic E-state index is 12.4. The van der Waals surface area contributed by atoms with Gasteiger partial charge in [0.05, 0.1) is 17.3 Å². The zero-order valence-electron chi connectivity index (χ0n) is 15.0. The Labute approximate surface area is 167 Å². The SMILES string of the molecule is N#Cc1ccc(C(=O)N[C@H]2CCN(c3cc(-c4ccc(Cl)cc4)[nH]n3)C2)cc1. The van der Waals surface area contributed by atoms with Crippen molar-refractivity contribution in [1.82, 2.24) is 15.5 Å². The number of aromatic nitrogens is 2. The number of anilines is 1. The maximum atomic E-state index is 12.4. The molecule has 0 saturated carbocycles. The van der Waals surface area contributed by atoms with Crippen molar-refractivity contribution in [2.45, 2.75) is 12.5 Å². The molecule has 0 aliphatic carbocycles. The van der Waals surface area contributed by atoms with Crippen molar-refractivity contribution in [1.29, 1.82) is 5.26 Å². The molecule has 2 N–H and O–H groups in total. The number of halogens is 1. The third-order valence-corrected chi connectivity index (χ3v) is 5.10. The quantitative estimate of drug-likeness (QED) is 0.711. The highest BCUT2D eigenvalue weighted by Gasteiger charge is 2.26. The second kappa shape index (κ2) is 7.75. The summed E-state index contributed by atoms with van der Waals surface area (Å²) < 4.78 is 0. The van der Waals surface area contributed by atoms with Crippen LogP contribution < -0.4 is 10.2 Å². The number of aromatic amines is 1. The standard InChI is InChI=1S/C21H18ClN5O/c22-17-7-5-15(6-8-17)19-11-20(26-25-19)27-10-9-18(13-27)24-21(28)16-3-1-14(12-23)2-4-16/h1-8,11,18H,9-10,13H2,(H,24,28)(H,25,26)/t18-/m0/s1. The third kappa shape index (κ3) is 3.85. The summed E-state index contributed by atoms with van der Waals surface area (Å²) >= 11 is 5.94. The van der Waals surface area contributed by atoms with Crippen LogP contribution in [0.1, 0.15) is 22.3 Å². The molecule has 4 rings (SSSR count). The van der Waals surface area contributed by atoms with Gasteiger partial charge in [-0.05, 0) is 48.4 Å². The minimum atomic E-state index is -0.125. The van der Waals surface area contributed by atoms with E-state index < -0.39 is 0 Å². The molecular formula is C21H18ClN5O. The molecule has 7 heteroatoms. The minimum absolute atomic E-state index is 0.0545. The van der Waals surface area contributed by atoms with Gasteiger partial charge in [0.15, 0.2) is 5.82 Å². The van der Waals surface area contributed by atoms with Crippen molar-refractivity contribution in [3.05, 3.63) is 70.7 Å². The van der Waals surface area contributed by atoms with Crippen molar-refractivity contribution >= 4 is 23.3 Å². The van der Waals surface area contributed by atoms with Gasteiger partial charge in [0, 0.05) is 35.8 Å². The molecule has 0 radical (unpaired) electrons. The lowest BCUT2D eigenvalue weighted by molar-refractivity contribution is 0.0940. The van der Waals surface area contributed by atoms with Crippen LogP contribution in [-0.2, 0) is 0 Å². The Morgan fingerprint density at radius 3 is 2.68 bits per heavy atom. The number of hydrogen-bond acceptors (Lipinski definition) is 4. The average Bonchev–Trinajstić information content (AvgIpc) is 3.38. The molecule has 0 bridgehead atoms. The van der Waals surface area contributed by atoms with Crippen LogP contribution in [0.5, 0.6) is 0 Å². The second-order valence-corrected chi connectivity index (χ2v) is 7.18. The van der Waals surface area contributed by atoms with Gasteiger partial charge in [0.25, 0.3) is 5.91 Å². The molecule has 0 spiro atoms. The maximum Gasteiger partial charge on any atom is 0.251 e. The predicted molar refractivity (Wildman–Crippen MR) is 108 cm³/mol. The van der Waals surface area contributed by atoms with Gasteiger partial charge in [-0.25, -0.2) is 0 Å². The average molecular weight is 392 g/mol. The van der Waals surface area contributed by atoms with E-state index >= 15 is 0 Å². The van der Waals surface area contributed by atoms with E-state index in [4.69, 9.17) is 16.9 Å². The van der Waals surface area contributed by atoms with Gasteiger partial charge in [-0.3, -0.25) is 9.89 Å². The molecular weight excluding hydrogens is 374 g/mol. The zero-order valence-corrected chi connectivity index (χ0v) is 15.8. The van der Waals surface area contributed by atoms with Crippen LogP contribution >= 0.6 is 11.6 Å². The van der Waals surface area contributed by atoms with E-state index in [9.17, 15) is 4.79 Å².